The highest BCUT2D eigenvalue weighted by molar-refractivity contribution is 7.88. The SMILES string of the molecule is COc1ccc(C(=O)N2CCC[C@@]3(CCCN3S(C)(=O)=O)C2)cc1. The summed E-state index contributed by atoms with van der Waals surface area (Å²) < 4.78 is 31.0. The number of amides is 1. The van der Waals surface area contributed by atoms with E-state index >= 15 is 0 Å². The van der Waals surface area contributed by atoms with Crippen LogP contribution < -0.4 is 4.74 Å². The number of hydrogen-bond donors (Lipinski definition) is 0. The summed E-state index contributed by atoms with van der Waals surface area (Å²) in [5.74, 6) is 0.665. The van der Waals surface area contributed by atoms with E-state index in [-0.39, 0.29) is 5.91 Å². The van der Waals surface area contributed by atoms with Crippen LogP contribution in [0.3, 0.4) is 0 Å². The minimum atomic E-state index is -3.25. The van der Waals surface area contributed by atoms with Crippen LogP contribution in [0.2, 0.25) is 0 Å². The molecule has 0 unspecified atom stereocenters. The second kappa shape index (κ2) is 6.37. The maximum atomic E-state index is 12.8. The molecule has 1 aromatic rings. The largest absolute Gasteiger partial charge is 0.497 e. The van der Waals surface area contributed by atoms with Crippen LogP contribution in [0.15, 0.2) is 24.3 Å². The van der Waals surface area contributed by atoms with Gasteiger partial charge < -0.3 is 9.64 Å². The molecule has 1 aromatic carbocycles. The fraction of sp³-hybridized carbons (Fsp3) is 0.588. The molecule has 2 aliphatic rings. The van der Waals surface area contributed by atoms with Gasteiger partial charge in [0.25, 0.3) is 5.91 Å². The van der Waals surface area contributed by atoms with Crippen molar-refractivity contribution in [3.8, 4) is 5.75 Å². The molecule has 3 rings (SSSR count). The number of carbonyl (C=O) groups excluding carboxylic acids is 1. The third kappa shape index (κ3) is 3.15. The standard InChI is InChI=1S/C17H24N2O4S/c1-23-15-7-5-14(6-8-15)16(20)18-11-3-9-17(13-18)10-4-12-19(17)24(2,21)22/h5-8H,3-4,9-13H2,1-2H3/t17-/m1/s1. The summed E-state index contributed by atoms with van der Waals surface area (Å²) >= 11 is 0. The second-order valence-corrected chi connectivity index (χ2v) is 8.63. The molecule has 1 atom stereocenters. The van der Waals surface area contributed by atoms with Crippen LogP contribution in [0.4, 0.5) is 0 Å². The van der Waals surface area contributed by atoms with Gasteiger partial charge in [-0.05, 0) is 49.9 Å². The monoisotopic (exact) mass is 352 g/mol. The van der Waals surface area contributed by atoms with E-state index in [0.717, 1.165) is 25.7 Å². The molecule has 0 aliphatic carbocycles. The van der Waals surface area contributed by atoms with E-state index < -0.39 is 15.6 Å². The Labute approximate surface area is 143 Å². The van der Waals surface area contributed by atoms with Gasteiger partial charge in [0.05, 0.1) is 18.9 Å². The van der Waals surface area contributed by atoms with Gasteiger partial charge in [0.15, 0.2) is 0 Å². The van der Waals surface area contributed by atoms with Gasteiger partial charge in [-0.1, -0.05) is 0 Å². The lowest BCUT2D eigenvalue weighted by molar-refractivity contribution is 0.0524. The van der Waals surface area contributed by atoms with Crippen molar-refractivity contribution in [1.82, 2.24) is 9.21 Å². The van der Waals surface area contributed by atoms with Gasteiger partial charge in [-0.2, -0.15) is 4.31 Å². The zero-order chi connectivity index (χ0) is 17.4. The Morgan fingerprint density at radius 2 is 1.75 bits per heavy atom. The molecule has 132 valence electrons. The number of nitrogens with zero attached hydrogens (tertiary/aromatic N) is 2. The van der Waals surface area contributed by atoms with E-state index in [1.54, 1.807) is 40.6 Å². The second-order valence-electron chi connectivity index (χ2n) is 6.72. The zero-order valence-corrected chi connectivity index (χ0v) is 15.0. The van der Waals surface area contributed by atoms with Crippen LogP contribution in [-0.4, -0.2) is 62.1 Å². The lowest BCUT2D eigenvalue weighted by atomic mass is 9.87. The number of likely N-dealkylation sites (tertiary alicyclic amines) is 1. The van der Waals surface area contributed by atoms with Gasteiger partial charge in [0, 0.05) is 25.2 Å². The fourth-order valence-electron chi connectivity index (χ4n) is 4.04. The Bertz CT molecular complexity index is 717. The molecule has 7 heteroatoms. The lowest BCUT2D eigenvalue weighted by Gasteiger charge is -2.44. The number of piperidine rings is 1. The first kappa shape index (κ1) is 17.2. The molecule has 1 spiro atoms. The molecule has 2 fully saturated rings. The maximum absolute atomic E-state index is 12.8. The van der Waals surface area contributed by atoms with Crippen molar-refractivity contribution >= 4 is 15.9 Å². The summed E-state index contributed by atoms with van der Waals surface area (Å²) in [6, 6.07) is 7.05. The van der Waals surface area contributed by atoms with Crippen molar-refractivity contribution in [2.24, 2.45) is 0 Å². The Kier molecular flexibility index (Phi) is 4.57. The van der Waals surface area contributed by atoms with Crippen molar-refractivity contribution in [2.45, 2.75) is 31.2 Å². The van der Waals surface area contributed by atoms with Gasteiger partial charge >= 0.3 is 0 Å². The molecule has 6 nitrogen and oxygen atoms in total. The molecule has 0 aromatic heterocycles. The van der Waals surface area contributed by atoms with Gasteiger partial charge in [-0.3, -0.25) is 4.79 Å². The zero-order valence-electron chi connectivity index (χ0n) is 14.2. The minimum Gasteiger partial charge on any atom is -0.497 e. The molecule has 1 amide bonds. The smallest absolute Gasteiger partial charge is 0.253 e. The van der Waals surface area contributed by atoms with Crippen LogP contribution in [0.1, 0.15) is 36.0 Å². The number of carbonyl (C=O) groups is 1. The van der Waals surface area contributed by atoms with Crippen LogP contribution >= 0.6 is 0 Å². The third-order valence-corrected chi connectivity index (χ3v) is 6.48. The molecule has 0 N–H and O–H groups in total. The first-order valence-corrected chi connectivity index (χ1v) is 10.1. The van der Waals surface area contributed by atoms with Crippen LogP contribution in [0, 0.1) is 0 Å². The van der Waals surface area contributed by atoms with E-state index in [0.29, 0.717) is 30.9 Å². The van der Waals surface area contributed by atoms with E-state index in [1.165, 1.54) is 6.26 Å². The molecule has 24 heavy (non-hydrogen) atoms. The van der Waals surface area contributed by atoms with Gasteiger partial charge in [0.2, 0.25) is 10.0 Å². The summed E-state index contributed by atoms with van der Waals surface area (Å²) in [5.41, 5.74) is 0.185. The molecule has 2 heterocycles. The molecular formula is C17H24N2O4S. The summed E-state index contributed by atoms with van der Waals surface area (Å²) in [7, 11) is -1.67. The number of sulfonamides is 1. The van der Waals surface area contributed by atoms with Gasteiger partial charge in [0.1, 0.15) is 5.75 Å². The Morgan fingerprint density at radius 1 is 1.12 bits per heavy atom. The van der Waals surface area contributed by atoms with E-state index in [9.17, 15) is 13.2 Å². The highest BCUT2D eigenvalue weighted by atomic mass is 32.2. The van der Waals surface area contributed by atoms with Gasteiger partial charge in [-0.15, -0.1) is 0 Å². The van der Waals surface area contributed by atoms with E-state index in [1.807, 2.05) is 0 Å². The predicted octanol–water partition coefficient (Wildman–Crippen LogP) is 1.73. The van der Waals surface area contributed by atoms with Crippen molar-refractivity contribution < 1.29 is 17.9 Å². The van der Waals surface area contributed by atoms with E-state index in [2.05, 4.69) is 0 Å². The van der Waals surface area contributed by atoms with Crippen molar-refractivity contribution in [2.75, 3.05) is 33.0 Å². The first-order valence-electron chi connectivity index (χ1n) is 8.27. The first-order chi connectivity index (χ1) is 11.4. The van der Waals surface area contributed by atoms with E-state index in [4.69, 9.17) is 4.74 Å². The van der Waals surface area contributed by atoms with Crippen LogP contribution in [0.25, 0.3) is 0 Å². The topological polar surface area (TPSA) is 66.9 Å². The number of rotatable bonds is 3. The number of hydrogen-bond acceptors (Lipinski definition) is 4. The molecular weight excluding hydrogens is 328 g/mol. The van der Waals surface area contributed by atoms with Crippen molar-refractivity contribution in [3.63, 3.8) is 0 Å². The van der Waals surface area contributed by atoms with Crippen molar-refractivity contribution in [1.29, 1.82) is 0 Å². The quantitative estimate of drug-likeness (QED) is 0.831. The molecule has 0 radical (unpaired) electrons. The average molecular weight is 352 g/mol. The molecule has 2 saturated heterocycles. The maximum Gasteiger partial charge on any atom is 0.253 e. The van der Waals surface area contributed by atoms with Crippen LogP contribution in [0.5, 0.6) is 5.75 Å². The lowest BCUT2D eigenvalue weighted by Crippen LogP contribution is -2.58. The number of ether oxygens (including phenoxy) is 1. The molecule has 0 saturated carbocycles. The molecule has 0 bridgehead atoms. The Hall–Kier alpha value is -1.60. The Morgan fingerprint density at radius 3 is 2.33 bits per heavy atom. The predicted molar refractivity (Wildman–Crippen MR) is 91.6 cm³/mol. The average Bonchev–Trinajstić information content (AvgIpc) is 2.97. The third-order valence-electron chi connectivity index (χ3n) is 5.11. The van der Waals surface area contributed by atoms with Crippen molar-refractivity contribution in [3.05, 3.63) is 29.8 Å². The number of methoxy groups -OCH3 is 1. The summed E-state index contributed by atoms with van der Waals surface area (Å²) in [6.45, 7) is 1.71. The summed E-state index contributed by atoms with van der Waals surface area (Å²) in [6.07, 6.45) is 4.61. The summed E-state index contributed by atoms with van der Waals surface area (Å²) in [5, 5.41) is 0. The highest BCUT2D eigenvalue weighted by Gasteiger charge is 2.48. The fourth-order valence-corrected chi connectivity index (χ4v) is 5.45. The minimum absolute atomic E-state index is 0.0444. The highest BCUT2D eigenvalue weighted by Crippen LogP contribution is 2.39. The molecule has 2 aliphatic heterocycles. The number of benzene rings is 1. The Balaban J connectivity index is 1.81. The normalized spacial score (nSPS) is 25.2. The summed E-state index contributed by atoms with van der Waals surface area (Å²) in [4.78, 5) is 14.6. The van der Waals surface area contributed by atoms with Gasteiger partial charge in [-0.25, -0.2) is 8.42 Å². The van der Waals surface area contributed by atoms with Crippen LogP contribution in [-0.2, 0) is 10.0 Å².